The molecule has 16 heavy (non-hydrogen) atoms. The van der Waals surface area contributed by atoms with E-state index in [0.29, 0.717) is 12.1 Å². The Balaban J connectivity index is 1.93. The molecule has 2 rings (SSSR count). The Bertz CT molecular complexity index is 219. The zero-order chi connectivity index (χ0) is 11.5. The quantitative estimate of drug-likeness (QED) is 0.726. The van der Waals surface area contributed by atoms with Gasteiger partial charge in [0.2, 0.25) is 0 Å². The molecule has 2 aliphatic rings. The molecule has 3 atom stereocenters. The van der Waals surface area contributed by atoms with E-state index in [9.17, 15) is 0 Å². The number of likely N-dealkylation sites (N-methyl/N-ethyl adjacent to an activating group) is 1. The Morgan fingerprint density at radius 2 is 1.88 bits per heavy atom. The van der Waals surface area contributed by atoms with Crippen molar-refractivity contribution in [1.82, 2.24) is 9.80 Å². The first-order valence-corrected chi connectivity index (χ1v) is 6.85. The summed E-state index contributed by atoms with van der Waals surface area (Å²) in [6, 6.07) is 1.06. The van der Waals surface area contributed by atoms with E-state index in [1.54, 1.807) is 0 Å². The molecule has 3 unspecified atom stereocenters. The summed E-state index contributed by atoms with van der Waals surface area (Å²) in [5.41, 5.74) is 6.30. The van der Waals surface area contributed by atoms with Crippen LogP contribution in [0.25, 0.3) is 0 Å². The summed E-state index contributed by atoms with van der Waals surface area (Å²) in [7, 11) is 2.23. The summed E-state index contributed by atoms with van der Waals surface area (Å²) >= 11 is 0. The lowest BCUT2D eigenvalue weighted by Crippen LogP contribution is -2.51. The van der Waals surface area contributed by atoms with Crippen molar-refractivity contribution in [2.45, 2.75) is 44.7 Å². The molecule has 1 aliphatic heterocycles. The summed E-state index contributed by atoms with van der Waals surface area (Å²) in [6.07, 6.45) is 5.16. The van der Waals surface area contributed by atoms with Gasteiger partial charge in [-0.3, -0.25) is 4.90 Å². The zero-order valence-electron chi connectivity index (χ0n) is 10.9. The van der Waals surface area contributed by atoms with Crippen molar-refractivity contribution in [3.8, 4) is 0 Å². The van der Waals surface area contributed by atoms with Gasteiger partial charge in [-0.1, -0.05) is 6.92 Å². The highest BCUT2D eigenvalue weighted by Crippen LogP contribution is 2.27. The second-order valence-corrected chi connectivity index (χ2v) is 5.84. The molecule has 0 aromatic carbocycles. The first kappa shape index (κ1) is 12.3. The van der Waals surface area contributed by atoms with E-state index in [2.05, 4.69) is 23.8 Å². The van der Waals surface area contributed by atoms with Gasteiger partial charge in [-0.05, 0) is 51.7 Å². The second-order valence-electron chi connectivity index (χ2n) is 5.84. The van der Waals surface area contributed by atoms with Crippen molar-refractivity contribution in [1.29, 1.82) is 0 Å². The average molecular weight is 225 g/mol. The molecule has 1 aliphatic carbocycles. The SMILES string of the molecule is CC1CCC(N)C(N2CCCN(C)CC2)C1. The normalized spacial score (nSPS) is 39.6. The largest absolute Gasteiger partial charge is 0.326 e. The molecule has 0 aromatic heterocycles. The van der Waals surface area contributed by atoms with Crippen molar-refractivity contribution in [3.05, 3.63) is 0 Å². The molecule has 0 spiro atoms. The van der Waals surface area contributed by atoms with Crippen LogP contribution in [0.2, 0.25) is 0 Å². The fourth-order valence-corrected chi connectivity index (χ4v) is 3.19. The summed E-state index contributed by atoms with van der Waals surface area (Å²) in [5.74, 6) is 0.866. The molecule has 94 valence electrons. The molecule has 1 saturated carbocycles. The Kier molecular flexibility index (Phi) is 4.22. The number of hydrogen-bond acceptors (Lipinski definition) is 3. The van der Waals surface area contributed by atoms with Crippen molar-refractivity contribution >= 4 is 0 Å². The Morgan fingerprint density at radius 1 is 1.06 bits per heavy atom. The van der Waals surface area contributed by atoms with Gasteiger partial charge in [0.05, 0.1) is 0 Å². The third-order valence-corrected chi connectivity index (χ3v) is 4.35. The lowest BCUT2D eigenvalue weighted by Gasteiger charge is -2.40. The predicted molar refractivity (Wildman–Crippen MR) is 68.5 cm³/mol. The van der Waals surface area contributed by atoms with Crippen LogP contribution in [-0.4, -0.2) is 55.1 Å². The van der Waals surface area contributed by atoms with Crippen molar-refractivity contribution in [2.75, 3.05) is 33.2 Å². The van der Waals surface area contributed by atoms with E-state index < -0.39 is 0 Å². The lowest BCUT2D eigenvalue weighted by atomic mass is 9.83. The molecule has 2 N–H and O–H groups in total. The lowest BCUT2D eigenvalue weighted by molar-refractivity contribution is 0.120. The van der Waals surface area contributed by atoms with Gasteiger partial charge in [0.25, 0.3) is 0 Å². The summed E-state index contributed by atoms with van der Waals surface area (Å²) in [4.78, 5) is 5.10. The maximum atomic E-state index is 6.30. The molecule has 2 fully saturated rings. The van der Waals surface area contributed by atoms with Gasteiger partial charge in [0, 0.05) is 25.2 Å². The molecule has 1 saturated heterocycles. The first-order valence-electron chi connectivity index (χ1n) is 6.85. The molecule has 0 radical (unpaired) electrons. The minimum Gasteiger partial charge on any atom is -0.326 e. The van der Waals surface area contributed by atoms with Crippen molar-refractivity contribution in [2.24, 2.45) is 11.7 Å². The first-order chi connectivity index (χ1) is 7.66. The highest BCUT2D eigenvalue weighted by atomic mass is 15.2. The molecular weight excluding hydrogens is 198 g/mol. The number of nitrogens with two attached hydrogens (primary N) is 1. The molecule has 1 heterocycles. The van der Waals surface area contributed by atoms with Gasteiger partial charge < -0.3 is 10.6 Å². The van der Waals surface area contributed by atoms with E-state index in [4.69, 9.17) is 5.73 Å². The Morgan fingerprint density at radius 3 is 2.69 bits per heavy atom. The molecule has 0 aromatic rings. The molecule has 0 bridgehead atoms. The topological polar surface area (TPSA) is 32.5 Å². The van der Waals surface area contributed by atoms with Crippen molar-refractivity contribution in [3.63, 3.8) is 0 Å². The van der Waals surface area contributed by atoms with E-state index in [1.807, 2.05) is 0 Å². The van der Waals surface area contributed by atoms with Gasteiger partial charge >= 0.3 is 0 Å². The Hall–Kier alpha value is -0.120. The minimum absolute atomic E-state index is 0.416. The van der Waals surface area contributed by atoms with E-state index in [1.165, 1.54) is 51.9 Å². The van der Waals surface area contributed by atoms with Crippen molar-refractivity contribution < 1.29 is 0 Å². The fourth-order valence-electron chi connectivity index (χ4n) is 3.19. The van der Waals surface area contributed by atoms with Gasteiger partial charge in [0.15, 0.2) is 0 Å². The Labute approximate surface area is 100.0 Å². The van der Waals surface area contributed by atoms with E-state index in [0.717, 1.165) is 5.92 Å². The summed E-state index contributed by atoms with van der Waals surface area (Å²) < 4.78 is 0. The molecule has 3 heteroatoms. The van der Waals surface area contributed by atoms with Gasteiger partial charge in [0.1, 0.15) is 0 Å². The average Bonchev–Trinajstić information content (AvgIpc) is 2.47. The van der Waals surface area contributed by atoms with Crippen LogP contribution < -0.4 is 5.73 Å². The van der Waals surface area contributed by atoms with Gasteiger partial charge in [-0.2, -0.15) is 0 Å². The van der Waals surface area contributed by atoms with E-state index >= 15 is 0 Å². The predicted octanol–water partition coefficient (Wildman–Crippen LogP) is 1.14. The number of hydrogen-bond donors (Lipinski definition) is 1. The summed E-state index contributed by atoms with van der Waals surface area (Å²) in [5, 5.41) is 0. The maximum absolute atomic E-state index is 6.30. The van der Waals surface area contributed by atoms with Gasteiger partial charge in [-0.15, -0.1) is 0 Å². The van der Waals surface area contributed by atoms with Crippen LogP contribution in [0.15, 0.2) is 0 Å². The molecule has 0 amide bonds. The van der Waals surface area contributed by atoms with Crippen LogP contribution in [-0.2, 0) is 0 Å². The third kappa shape index (κ3) is 2.96. The summed E-state index contributed by atoms with van der Waals surface area (Å²) in [6.45, 7) is 7.28. The van der Waals surface area contributed by atoms with Crippen LogP contribution in [0.3, 0.4) is 0 Å². The van der Waals surface area contributed by atoms with E-state index in [-0.39, 0.29) is 0 Å². The zero-order valence-corrected chi connectivity index (χ0v) is 10.9. The van der Waals surface area contributed by atoms with Crippen LogP contribution >= 0.6 is 0 Å². The number of rotatable bonds is 1. The fraction of sp³-hybridized carbons (Fsp3) is 1.00. The molecule has 3 nitrogen and oxygen atoms in total. The van der Waals surface area contributed by atoms with Gasteiger partial charge in [-0.25, -0.2) is 0 Å². The highest BCUT2D eigenvalue weighted by Gasteiger charge is 2.31. The third-order valence-electron chi connectivity index (χ3n) is 4.35. The number of nitrogens with zero attached hydrogens (tertiary/aromatic N) is 2. The van der Waals surface area contributed by atoms with Crippen LogP contribution in [0.1, 0.15) is 32.6 Å². The monoisotopic (exact) mass is 225 g/mol. The standard InChI is InChI=1S/C13H27N3/c1-11-4-5-12(14)13(10-11)16-7-3-6-15(2)8-9-16/h11-13H,3-10,14H2,1-2H3. The smallest absolute Gasteiger partial charge is 0.0250 e. The van der Waals surface area contributed by atoms with Crippen LogP contribution in [0.4, 0.5) is 0 Å². The second kappa shape index (κ2) is 5.48. The van der Waals surface area contributed by atoms with Crippen LogP contribution in [0.5, 0.6) is 0 Å². The highest BCUT2D eigenvalue weighted by molar-refractivity contribution is 4.89. The minimum atomic E-state index is 0.416. The molecular formula is C13H27N3. The van der Waals surface area contributed by atoms with Crippen LogP contribution in [0, 0.1) is 5.92 Å². The maximum Gasteiger partial charge on any atom is 0.0250 e.